The lowest BCUT2D eigenvalue weighted by Crippen LogP contribution is -2.11. The SMILES string of the molecule is CN(C)Cc1ccc2c(c1)CCC[C]2. The van der Waals surface area contributed by atoms with Gasteiger partial charge in [0.15, 0.2) is 0 Å². The van der Waals surface area contributed by atoms with Crippen LogP contribution in [0.4, 0.5) is 0 Å². The Morgan fingerprint density at radius 1 is 1.36 bits per heavy atom. The lowest BCUT2D eigenvalue weighted by atomic mass is 9.90. The Morgan fingerprint density at radius 3 is 3.00 bits per heavy atom. The van der Waals surface area contributed by atoms with Gasteiger partial charge in [0.1, 0.15) is 0 Å². The highest BCUT2D eigenvalue weighted by atomic mass is 15.0. The lowest BCUT2D eigenvalue weighted by molar-refractivity contribution is 0.402. The molecule has 0 saturated carbocycles. The number of hydrogen-bond donors (Lipinski definition) is 0. The third kappa shape index (κ3) is 2.16. The summed E-state index contributed by atoms with van der Waals surface area (Å²) in [5, 5.41) is 0. The van der Waals surface area contributed by atoms with Crippen LogP contribution in [-0.4, -0.2) is 19.0 Å². The van der Waals surface area contributed by atoms with E-state index in [-0.39, 0.29) is 0 Å². The molecule has 0 fully saturated rings. The molecule has 0 unspecified atom stereocenters. The van der Waals surface area contributed by atoms with E-state index < -0.39 is 0 Å². The molecule has 1 nitrogen and oxygen atoms in total. The van der Waals surface area contributed by atoms with Crippen LogP contribution in [0, 0.1) is 6.42 Å². The van der Waals surface area contributed by atoms with Crippen molar-refractivity contribution in [1.82, 2.24) is 4.90 Å². The molecule has 1 aliphatic rings. The first kappa shape index (κ1) is 9.72. The van der Waals surface area contributed by atoms with Gasteiger partial charge in [-0.25, -0.2) is 0 Å². The van der Waals surface area contributed by atoms with Gasteiger partial charge >= 0.3 is 0 Å². The van der Waals surface area contributed by atoms with Gasteiger partial charge in [0.25, 0.3) is 0 Å². The van der Waals surface area contributed by atoms with Crippen LogP contribution < -0.4 is 0 Å². The Hall–Kier alpha value is -0.820. The Morgan fingerprint density at radius 2 is 2.21 bits per heavy atom. The molecule has 14 heavy (non-hydrogen) atoms. The number of nitrogens with zero attached hydrogens (tertiary/aromatic N) is 1. The maximum absolute atomic E-state index is 3.43. The third-order valence-electron chi connectivity index (χ3n) is 2.61. The van der Waals surface area contributed by atoms with Gasteiger partial charge in [-0.15, -0.1) is 0 Å². The van der Waals surface area contributed by atoms with Gasteiger partial charge in [0, 0.05) is 13.0 Å². The van der Waals surface area contributed by atoms with Crippen LogP contribution >= 0.6 is 0 Å². The van der Waals surface area contributed by atoms with E-state index in [1.807, 2.05) is 0 Å². The Bertz CT molecular complexity index is 315. The van der Waals surface area contributed by atoms with Gasteiger partial charge in [-0.3, -0.25) is 0 Å². The largest absolute Gasteiger partial charge is 0.305 e. The summed E-state index contributed by atoms with van der Waals surface area (Å²) in [7, 11) is 4.22. The van der Waals surface area contributed by atoms with Crippen LogP contribution in [-0.2, 0) is 13.0 Å². The second-order valence-electron chi connectivity index (χ2n) is 4.26. The summed E-state index contributed by atoms with van der Waals surface area (Å²) in [5.41, 5.74) is 4.23. The van der Waals surface area contributed by atoms with Gasteiger partial charge in [-0.1, -0.05) is 18.2 Å². The summed E-state index contributed by atoms with van der Waals surface area (Å²) in [5.74, 6) is 0. The van der Waals surface area contributed by atoms with E-state index in [4.69, 9.17) is 0 Å². The fraction of sp³-hybridized carbons (Fsp3) is 0.462. The van der Waals surface area contributed by atoms with E-state index in [2.05, 4.69) is 43.6 Å². The molecule has 1 aromatic rings. The van der Waals surface area contributed by atoms with Crippen LogP contribution in [0.3, 0.4) is 0 Å². The molecule has 0 heterocycles. The topological polar surface area (TPSA) is 3.24 Å². The molecular weight excluding hydrogens is 170 g/mol. The fourth-order valence-corrected chi connectivity index (χ4v) is 1.99. The summed E-state index contributed by atoms with van der Waals surface area (Å²) in [6, 6.07) is 6.77. The molecule has 2 radical (unpaired) electrons. The molecule has 1 aromatic carbocycles. The van der Waals surface area contributed by atoms with Crippen molar-refractivity contribution in [2.24, 2.45) is 0 Å². The minimum Gasteiger partial charge on any atom is -0.305 e. The van der Waals surface area contributed by atoms with E-state index in [1.54, 1.807) is 0 Å². The number of fused-ring (bicyclic) bond motifs is 1. The van der Waals surface area contributed by atoms with Crippen molar-refractivity contribution in [2.75, 3.05) is 14.1 Å². The molecule has 0 N–H and O–H groups in total. The van der Waals surface area contributed by atoms with Crippen molar-refractivity contribution >= 4 is 0 Å². The highest BCUT2D eigenvalue weighted by Gasteiger charge is 2.09. The monoisotopic (exact) mass is 187 g/mol. The zero-order valence-electron chi connectivity index (χ0n) is 9.01. The van der Waals surface area contributed by atoms with Crippen LogP contribution in [0.25, 0.3) is 0 Å². The predicted octanol–water partition coefficient (Wildman–Crippen LogP) is 2.51. The molecule has 0 atom stereocenters. The second-order valence-corrected chi connectivity index (χ2v) is 4.26. The number of rotatable bonds is 2. The van der Waals surface area contributed by atoms with Gasteiger partial charge < -0.3 is 4.90 Å². The maximum atomic E-state index is 3.43. The first-order chi connectivity index (χ1) is 6.75. The molecule has 0 bridgehead atoms. The quantitative estimate of drug-likeness (QED) is 0.687. The summed E-state index contributed by atoms with van der Waals surface area (Å²) >= 11 is 0. The summed E-state index contributed by atoms with van der Waals surface area (Å²) < 4.78 is 0. The maximum Gasteiger partial charge on any atom is 0.0227 e. The van der Waals surface area contributed by atoms with E-state index in [9.17, 15) is 0 Å². The van der Waals surface area contributed by atoms with E-state index >= 15 is 0 Å². The zero-order chi connectivity index (χ0) is 9.97. The second kappa shape index (κ2) is 4.14. The van der Waals surface area contributed by atoms with Crippen LogP contribution in [0.5, 0.6) is 0 Å². The van der Waals surface area contributed by atoms with Crippen molar-refractivity contribution in [3.63, 3.8) is 0 Å². The third-order valence-corrected chi connectivity index (χ3v) is 2.61. The fourth-order valence-electron chi connectivity index (χ4n) is 1.99. The number of hydrogen-bond acceptors (Lipinski definition) is 1. The van der Waals surface area contributed by atoms with Crippen molar-refractivity contribution in [3.8, 4) is 0 Å². The molecule has 1 aliphatic carbocycles. The zero-order valence-corrected chi connectivity index (χ0v) is 9.01. The predicted molar refractivity (Wildman–Crippen MR) is 59.1 cm³/mol. The van der Waals surface area contributed by atoms with Gasteiger partial charge in [0.05, 0.1) is 0 Å². The lowest BCUT2D eigenvalue weighted by Gasteiger charge is -2.17. The van der Waals surface area contributed by atoms with E-state index in [1.165, 1.54) is 29.5 Å². The molecular formula is C13H17N. The molecule has 0 spiro atoms. The molecule has 0 aromatic heterocycles. The van der Waals surface area contributed by atoms with Gasteiger partial charge in [-0.05, 0) is 50.0 Å². The van der Waals surface area contributed by atoms with Crippen LogP contribution in [0.2, 0.25) is 0 Å². The molecule has 0 aliphatic heterocycles. The van der Waals surface area contributed by atoms with Crippen molar-refractivity contribution < 1.29 is 0 Å². The van der Waals surface area contributed by atoms with E-state index in [0.29, 0.717) is 0 Å². The van der Waals surface area contributed by atoms with Crippen LogP contribution in [0.1, 0.15) is 29.5 Å². The molecule has 0 saturated heterocycles. The van der Waals surface area contributed by atoms with Crippen molar-refractivity contribution in [1.29, 1.82) is 0 Å². The first-order valence-electron chi connectivity index (χ1n) is 5.26. The smallest absolute Gasteiger partial charge is 0.0227 e. The molecule has 2 rings (SSSR count). The van der Waals surface area contributed by atoms with Gasteiger partial charge in [-0.2, -0.15) is 0 Å². The average molecular weight is 187 g/mol. The number of aryl methyl sites for hydroxylation is 1. The Labute approximate surface area is 86.7 Å². The summed E-state index contributed by atoms with van der Waals surface area (Å²) in [4.78, 5) is 2.21. The summed E-state index contributed by atoms with van der Waals surface area (Å²) in [6.07, 6.45) is 7.04. The minimum atomic E-state index is 1.03. The first-order valence-corrected chi connectivity index (χ1v) is 5.26. The standard InChI is InChI=1S/C13H17N/c1-14(2)10-11-7-8-12-5-3-4-6-13(12)9-11/h7-9H,3-4,6,10H2,1-2H3. The highest BCUT2D eigenvalue weighted by Crippen LogP contribution is 2.23. The van der Waals surface area contributed by atoms with Crippen molar-refractivity contribution in [2.45, 2.75) is 25.8 Å². The van der Waals surface area contributed by atoms with Crippen LogP contribution in [0.15, 0.2) is 18.2 Å². The number of benzene rings is 1. The Kier molecular flexibility index (Phi) is 2.87. The van der Waals surface area contributed by atoms with Crippen molar-refractivity contribution in [3.05, 3.63) is 41.3 Å². The molecule has 0 amide bonds. The average Bonchev–Trinajstić information content (AvgIpc) is 2.17. The van der Waals surface area contributed by atoms with E-state index in [0.717, 1.165) is 13.0 Å². The highest BCUT2D eigenvalue weighted by molar-refractivity contribution is 5.38. The normalized spacial score (nSPS) is 15.6. The van der Waals surface area contributed by atoms with Gasteiger partial charge in [0.2, 0.25) is 0 Å². The summed E-state index contributed by atoms with van der Waals surface area (Å²) in [6.45, 7) is 1.03. The molecule has 1 heteroatoms. The minimum absolute atomic E-state index is 1.03. The Balaban J connectivity index is 2.20. The molecule has 74 valence electrons.